The first-order valence-electron chi connectivity index (χ1n) is 6.51. The van der Waals surface area contributed by atoms with Gasteiger partial charge in [0.25, 0.3) is 0 Å². The highest BCUT2D eigenvalue weighted by atomic mass is 16.5. The predicted molar refractivity (Wildman–Crippen MR) is 78.7 cm³/mol. The van der Waals surface area contributed by atoms with E-state index in [0.29, 0.717) is 12.8 Å². The summed E-state index contributed by atoms with van der Waals surface area (Å²) in [7, 11) is 6.89. The maximum absolute atomic E-state index is 11.9. The van der Waals surface area contributed by atoms with Crippen molar-refractivity contribution < 1.29 is 14.3 Å². The first kappa shape index (κ1) is 16.0. The van der Waals surface area contributed by atoms with Crippen LogP contribution in [0, 0.1) is 0 Å². The molecule has 5 heteroatoms. The lowest BCUT2D eigenvalue weighted by molar-refractivity contribution is -0.146. The molecule has 1 aromatic rings. The van der Waals surface area contributed by atoms with Crippen molar-refractivity contribution in [2.24, 2.45) is 0 Å². The fourth-order valence-electron chi connectivity index (χ4n) is 1.75. The number of rotatable bonds is 6. The van der Waals surface area contributed by atoms with E-state index in [0.717, 1.165) is 11.3 Å². The third-order valence-corrected chi connectivity index (χ3v) is 3.10. The molecule has 0 radical (unpaired) electrons. The Morgan fingerprint density at radius 1 is 1.10 bits per heavy atom. The highest BCUT2D eigenvalue weighted by Crippen LogP contribution is 2.13. The van der Waals surface area contributed by atoms with Gasteiger partial charge in [0.05, 0.1) is 7.11 Å². The van der Waals surface area contributed by atoms with E-state index in [1.54, 1.807) is 7.05 Å². The van der Waals surface area contributed by atoms with Crippen LogP contribution in [-0.4, -0.2) is 51.6 Å². The van der Waals surface area contributed by atoms with Crippen LogP contribution in [0.2, 0.25) is 0 Å². The van der Waals surface area contributed by atoms with Crippen LogP contribution in [0.15, 0.2) is 24.3 Å². The molecule has 0 unspecified atom stereocenters. The molecule has 1 rings (SSSR count). The van der Waals surface area contributed by atoms with Crippen LogP contribution >= 0.6 is 0 Å². The monoisotopic (exact) mass is 278 g/mol. The number of hydrogen-bond donors (Lipinski definition) is 0. The van der Waals surface area contributed by atoms with E-state index in [4.69, 9.17) is 0 Å². The Morgan fingerprint density at radius 3 is 2.20 bits per heavy atom. The molecule has 20 heavy (non-hydrogen) atoms. The Kier molecular flexibility index (Phi) is 6.03. The predicted octanol–water partition coefficient (Wildman–Crippen LogP) is 1.32. The van der Waals surface area contributed by atoms with E-state index in [9.17, 15) is 9.59 Å². The van der Waals surface area contributed by atoms with Crippen LogP contribution in [-0.2, 0) is 20.7 Å². The maximum atomic E-state index is 11.9. The van der Waals surface area contributed by atoms with E-state index in [-0.39, 0.29) is 12.5 Å². The van der Waals surface area contributed by atoms with Crippen molar-refractivity contribution >= 4 is 17.6 Å². The van der Waals surface area contributed by atoms with E-state index in [2.05, 4.69) is 4.74 Å². The summed E-state index contributed by atoms with van der Waals surface area (Å²) in [4.78, 5) is 26.4. The number of hydrogen-bond acceptors (Lipinski definition) is 4. The molecule has 0 atom stereocenters. The smallest absolute Gasteiger partial charge is 0.325 e. The highest BCUT2D eigenvalue weighted by molar-refractivity contribution is 5.81. The second-order valence-electron chi connectivity index (χ2n) is 4.89. The van der Waals surface area contributed by atoms with Gasteiger partial charge in [-0.2, -0.15) is 0 Å². The van der Waals surface area contributed by atoms with Crippen LogP contribution in [0.3, 0.4) is 0 Å². The summed E-state index contributed by atoms with van der Waals surface area (Å²) in [5, 5.41) is 0. The summed E-state index contributed by atoms with van der Waals surface area (Å²) in [6.45, 7) is -0.00506. The van der Waals surface area contributed by atoms with Crippen molar-refractivity contribution in [1.29, 1.82) is 0 Å². The van der Waals surface area contributed by atoms with Gasteiger partial charge in [-0.1, -0.05) is 12.1 Å². The Morgan fingerprint density at radius 2 is 1.70 bits per heavy atom. The lowest BCUT2D eigenvalue weighted by Gasteiger charge is -2.16. The number of ether oxygens (including phenoxy) is 1. The number of nitrogens with zero attached hydrogens (tertiary/aromatic N) is 2. The molecular weight excluding hydrogens is 256 g/mol. The van der Waals surface area contributed by atoms with Gasteiger partial charge in [0, 0.05) is 33.3 Å². The summed E-state index contributed by atoms with van der Waals surface area (Å²) in [6.07, 6.45) is 1.05. The number of likely N-dealkylation sites (N-methyl/N-ethyl adjacent to an activating group) is 1. The third-order valence-electron chi connectivity index (χ3n) is 3.10. The number of methoxy groups -OCH3 is 1. The van der Waals surface area contributed by atoms with E-state index in [1.807, 2.05) is 43.3 Å². The second-order valence-corrected chi connectivity index (χ2v) is 4.89. The summed E-state index contributed by atoms with van der Waals surface area (Å²) in [5.41, 5.74) is 2.23. The highest BCUT2D eigenvalue weighted by Gasteiger charge is 2.12. The fourth-order valence-corrected chi connectivity index (χ4v) is 1.75. The Hall–Kier alpha value is -2.04. The number of amides is 1. The Balaban J connectivity index is 2.46. The number of benzene rings is 1. The minimum Gasteiger partial charge on any atom is -0.468 e. The molecule has 0 aromatic heterocycles. The van der Waals surface area contributed by atoms with Crippen molar-refractivity contribution in [3.8, 4) is 0 Å². The fraction of sp³-hybridized carbons (Fsp3) is 0.467. The van der Waals surface area contributed by atoms with Crippen molar-refractivity contribution in [2.45, 2.75) is 12.8 Å². The van der Waals surface area contributed by atoms with E-state index in [1.165, 1.54) is 12.0 Å². The lowest BCUT2D eigenvalue weighted by Crippen LogP contribution is -2.32. The van der Waals surface area contributed by atoms with Gasteiger partial charge in [0.15, 0.2) is 0 Å². The zero-order valence-corrected chi connectivity index (χ0v) is 12.5. The standard InChI is InChI=1S/C15H22N2O3/c1-16(2)13-8-5-12(6-9-13)7-10-14(18)17(3)11-15(19)20-4/h5-6,8-9H,7,10-11H2,1-4H3. The minimum atomic E-state index is -0.406. The zero-order valence-electron chi connectivity index (χ0n) is 12.5. The molecule has 0 bridgehead atoms. The van der Waals surface area contributed by atoms with Gasteiger partial charge in [-0.3, -0.25) is 9.59 Å². The number of esters is 1. The lowest BCUT2D eigenvalue weighted by atomic mass is 10.1. The quantitative estimate of drug-likeness (QED) is 0.736. The summed E-state index contributed by atoms with van der Waals surface area (Å²) in [6, 6.07) is 8.09. The molecule has 1 aromatic carbocycles. The molecule has 0 fully saturated rings. The van der Waals surface area contributed by atoms with Gasteiger partial charge in [-0.15, -0.1) is 0 Å². The maximum Gasteiger partial charge on any atom is 0.325 e. The molecule has 0 saturated carbocycles. The van der Waals surface area contributed by atoms with Crippen LogP contribution in [0.25, 0.3) is 0 Å². The Labute approximate surface area is 120 Å². The van der Waals surface area contributed by atoms with Gasteiger partial charge in [0.1, 0.15) is 6.54 Å². The molecule has 0 saturated heterocycles. The number of carbonyl (C=O) groups is 2. The van der Waals surface area contributed by atoms with Gasteiger partial charge >= 0.3 is 5.97 Å². The van der Waals surface area contributed by atoms with Crippen molar-refractivity contribution in [3.63, 3.8) is 0 Å². The molecule has 0 heterocycles. The van der Waals surface area contributed by atoms with Crippen LogP contribution < -0.4 is 4.90 Å². The number of aryl methyl sites for hydroxylation is 1. The molecule has 0 N–H and O–H groups in total. The van der Waals surface area contributed by atoms with Crippen molar-refractivity contribution in [1.82, 2.24) is 4.90 Å². The minimum absolute atomic E-state index is 0.00506. The molecule has 0 spiro atoms. The topological polar surface area (TPSA) is 49.9 Å². The molecule has 0 aliphatic rings. The van der Waals surface area contributed by atoms with Crippen LogP contribution in [0.4, 0.5) is 5.69 Å². The summed E-state index contributed by atoms with van der Waals surface area (Å²) in [5.74, 6) is -0.469. The largest absolute Gasteiger partial charge is 0.468 e. The SMILES string of the molecule is COC(=O)CN(C)C(=O)CCc1ccc(N(C)C)cc1. The molecule has 0 aliphatic carbocycles. The van der Waals surface area contributed by atoms with E-state index >= 15 is 0 Å². The second kappa shape index (κ2) is 7.53. The average Bonchev–Trinajstić information content (AvgIpc) is 2.44. The Bertz CT molecular complexity index is 455. The molecule has 1 amide bonds. The zero-order chi connectivity index (χ0) is 15.1. The normalized spacial score (nSPS) is 10.0. The number of anilines is 1. The van der Waals surface area contributed by atoms with Crippen LogP contribution in [0.1, 0.15) is 12.0 Å². The van der Waals surface area contributed by atoms with Crippen molar-refractivity contribution in [3.05, 3.63) is 29.8 Å². The number of carbonyl (C=O) groups excluding carboxylic acids is 2. The van der Waals surface area contributed by atoms with E-state index < -0.39 is 5.97 Å². The molecule has 110 valence electrons. The first-order chi connectivity index (χ1) is 9.43. The molecular formula is C15H22N2O3. The third kappa shape index (κ3) is 4.91. The summed E-state index contributed by atoms with van der Waals surface area (Å²) < 4.78 is 4.53. The van der Waals surface area contributed by atoms with Crippen LogP contribution in [0.5, 0.6) is 0 Å². The molecule has 5 nitrogen and oxygen atoms in total. The summed E-state index contributed by atoms with van der Waals surface area (Å²) >= 11 is 0. The first-order valence-corrected chi connectivity index (χ1v) is 6.51. The molecule has 0 aliphatic heterocycles. The van der Waals surface area contributed by atoms with Crippen molar-refractivity contribution in [2.75, 3.05) is 39.7 Å². The van der Waals surface area contributed by atoms with Gasteiger partial charge in [0.2, 0.25) is 5.91 Å². The average molecular weight is 278 g/mol. The van der Waals surface area contributed by atoms with Gasteiger partial charge < -0.3 is 14.5 Å². The van der Waals surface area contributed by atoms with Gasteiger partial charge in [-0.25, -0.2) is 0 Å². The van der Waals surface area contributed by atoms with Gasteiger partial charge in [-0.05, 0) is 24.1 Å².